The molecular weight excluding hydrogens is 280 g/mol. The van der Waals surface area contributed by atoms with Crippen molar-refractivity contribution in [3.63, 3.8) is 0 Å². The van der Waals surface area contributed by atoms with Crippen molar-refractivity contribution < 1.29 is 9.53 Å². The first-order valence-corrected chi connectivity index (χ1v) is 7.09. The van der Waals surface area contributed by atoms with E-state index in [1.54, 1.807) is 19.1 Å². The minimum absolute atomic E-state index is 0.239. The maximum atomic E-state index is 11.4. The van der Waals surface area contributed by atoms with Crippen LogP contribution in [0.15, 0.2) is 36.4 Å². The van der Waals surface area contributed by atoms with E-state index in [4.69, 9.17) is 10.5 Å². The van der Waals surface area contributed by atoms with Gasteiger partial charge in [0.05, 0.1) is 12.3 Å². The number of nitrogens with one attached hydrogen (secondary N) is 2. The number of pyridine rings is 1. The molecule has 0 saturated heterocycles. The van der Waals surface area contributed by atoms with Crippen LogP contribution in [0.4, 0.5) is 22.1 Å². The molecule has 0 fully saturated rings. The molecule has 0 spiro atoms. The van der Waals surface area contributed by atoms with Gasteiger partial charge >= 0.3 is 6.09 Å². The lowest BCUT2D eigenvalue weighted by atomic mass is 10.1. The highest BCUT2D eigenvalue weighted by Crippen LogP contribution is 2.19. The number of nitrogen functional groups attached to an aromatic ring is 1. The predicted molar refractivity (Wildman–Crippen MR) is 87.8 cm³/mol. The summed E-state index contributed by atoms with van der Waals surface area (Å²) >= 11 is 0. The van der Waals surface area contributed by atoms with Crippen molar-refractivity contribution >= 4 is 23.4 Å². The minimum Gasteiger partial charge on any atom is -0.450 e. The molecule has 0 saturated carbocycles. The fourth-order valence-corrected chi connectivity index (χ4v) is 1.95. The highest BCUT2D eigenvalue weighted by Gasteiger charge is 2.07. The molecule has 0 bridgehead atoms. The summed E-state index contributed by atoms with van der Waals surface area (Å²) in [6.45, 7) is 4.75. The lowest BCUT2D eigenvalue weighted by molar-refractivity contribution is 0.168. The molecule has 22 heavy (non-hydrogen) atoms. The Morgan fingerprint density at radius 1 is 1.27 bits per heavy atom. The highest BCUT2D eigenvalue weighted by atomic mass is 16.5. The summed E-state index contributed by atoms with van der Waals surface area (Å²) < 4.78 is 4.80. The Labute approximate surface area is 129 Å². The molecule has 0 atom stereocenters. The quantitative estimate of drug-likeness (QED) is 0.789. The molecule has 0 aliphatic carbocycles. The number of ether oxygens (including phenoxy) is 1. The standard InChI is InChI=1S/C16H20N4O2/c1-3-22-16(21)19-13-8-9-14(20-15(13)17)18-10-12-7-5-4-6-11(12)2/h4-9H,3,10H2,1-2H3,(H,19,21)(H3,17,18,20). The lowest BCUT2D eigenvalue weighted by Crippen LogP contribution is -2.15. The van der Waals surface area contributed by atoms with E-state index in [9.17, 15) is 4.79 Å². The van der Waals surface area contributed by atoms with Crippen molar-refractivity contribution in [1.82, 2.24) is 4.98 Å². The fraction of sp³-hybridized carbons (Fsp3) is 0.250. The smallest absolute Gasteiger partial charge is 0.411 e. The van der Waals surface area contributed by atoms with Crippen molar-refractivity contribution in [3.8, 4) is 0 Å². The lowest BCUT2D eigenvalue weighted by Gasteiger charge is -2.11. The Morgan fingerprint density at radius 3 is 2.73 bits per heavy atom. The topological polar surface area (TPSA) is 89.3 Å². The van der Waals surface area contributed by atoms with Gasteiger partial charge < -0.3 is 15.8 Å². The minimum atomic E-state index is -0.545. The summed E-state index contributed by atoms with van der Waals surface area (Å²) in [6, 6.07) is 11.6. The number of carbonyl (C=O) groups is 1. The Morgan fingerprint density at radius 2 is 2.05 bits per heavy atom. The van der Waals surface area contributed by atoms with Crippen LogP contribution in [-0.4, -0.2) is 17.7 Å². The van der Waals surface area contributed by atoms with E-state index in [1.807, 2.05) is 12.1 Å². The summed E-state index contributed by atoms with van der Waals surface area (Å²) in [7, 11) is 0. The van der Waals surface area contributed by atoms with Gasteiger partial charge in [-0.3, -0.25) is 5.32 Å². The van der Waals surface area contributed by atoms with Gasteiger partial charge in [0.25, 0.3) is 0 Å². The zero-order chi connectivity index (χ0) is 15.9. The average molecular weight is 300 g/mol. The summed E-state index contributed by atoms with van der Waals surface area (Å²) in [5, 5.41) is 5.76. The number of amides is 1. The Hall–Kier alpha value is -2.76. The molecule has 6 nitrogen and oxygen atoms in total. The second-order valence-corrected chi connectivity index (χ2v) is 4.75. The van der Waals surface area contributed by atoms with E-state index in [0.29, 0.717) is 24.7 Å². The van der Waals surface area contributed by atoms with Crippen LogP contribution >= 0.6 is 0 Å². The maximum Gasteiger partial charge on any atom is 0.411 e. The van der Waals surface area contributed by atoms with Crippen LogP contribution in [0, 0.1) is 6.92 Å². The predicted octanol–water partition coefficient (Wildman–Crippen LogP) is 3.15. The monoisotopic (exact) mass is 300 g/mol. The largest absolute Gasteiger partial charge is 0.450 e. The number of carbonyl (C=O) groups excluding carboxylic acids is 1. The van der Waals surface area contributed by atoms with Gasteiger partial charge in [0, 0.05) is 6.54 Å². The number of nitrogens with two attached hydrogens (primary N) is 1. The number of aromatic nitrogens is 1. The van der Waals surface area contributed by atoms with Crippen LogP contribution in [-0.2, 0) is 11.3 Å². The Bertz CT molecular complexity index is 658. The van der Waals surface area contributed by atoms with Crippen molar-refractivity contribution in [2.24, 2.45) is 0 Å². The van der Waals surface area contributed by atoms with Gasteiger partial charge in [-0.15, -0.1) is 0 Å². The van der Waals surface area contributed by atoms with Crippen molar-refractivity contribution in [1.29, 1.82) is 0 Å². The molecule has 0 aliphatic rings. The summed E-state index contributed by atoms with van der Waals surface area (Å²) in [5.74, 6) is 0.887. The van der Waals surface area contributed by atoms with Gasteiger partial charge in [0.15, 0.2) is 0 Å². The van der Waals surface area contributed by atoms with Crippen LogP contribution in [0.5, 0.6) is 0 Å². The SMILES string of the molecule is CCOC(=O)Nc1ccc(NCc2ccccc2C)nc1N. The van der Waals surface area contributed by atoms with Crippen molar-refractivity contribution in [2.75, 3.05) is 23.0 Å². The van der Waals surface area contributed by atoms with E-state index in [1.165, 1.54) is 11.1 Å². The van der Waals surface area contributed by atoms with E-state index < -0.39 is 6.09 Å². The maximum absolute atomic E-state index is 11.4. The highest BCUT2D eigenvalue weighted by molar-refractivity contribution is 5.88. The first-order valence-electron chi connectivity index (χ1n) is 7.09. The number of nitrogens with zero attached hydrogens (tertiary/aromatic N) is 1. The molecule has 4 N–H and O–H groups in total. The first kappa shape index (κ1) is 15.6. The summed E-state index contributed by atoms with van der Waals surface area (Å²) in [6.07, 6.45) is -0.545. The third-order valence-corrected chi connectivity index (χ3v) is 3.16. The number of aryl methyl sites for hydroxylation is 1. The molecule has 1 amide bonds. The van der Waals surface area contributed by atoms with Gasteiger partial charge in [-0.2, -0.15) is 0 Å². The molecule has 2 rings (SSSR count). The summed E-state index contributed by atoms with van der Waals surface area (Å²) in [4.78, 5) is 15.6. The van der Waals surface area contributed by atoms with E-state index in [-0.39, 0.29) is 5.82 Å². The molecule has 0 unspecified atom stereocenters. The van der Waals surface area contributed by atoms with Crippen molar-refractivity contribution in [2.45, 2.75) is 20.4 Å². The third-order valence-electron chi connectivity index (χ3n) is 3.16. The van der Waals surface area contributed by atoms with E-state index in [2.05, 4.69) is 34.7 Å². The zero-order valence-electron chi connectivity index (χ0n) is 12.7. The third kappa shape index (κ3) is 4.12. The number of benzene rings is 1. The normalized spacial score (nSPS) is 10.1. The van der Waals surface area contributed by atoms with Gasteiger partial charge in [-0.25, -0.2) is 9.78 Å². The molecular formula is C16H20N4O2. The van der Waals surface area contributed by atoms with Crippen LogP contribution in [0.1, 0.15) is 18.1 Å². The van der Waals surface area contributed by atoms with Crippen LogP contribution in [0.25, 0.3) is 0 Å². The molecule has 2 aromatic rings. The second kappa shape index (κ2) is 7.31. The molecule has 116 valence electrons. The zero-order valence-corrected chi connectivity index (χ0v) is 12.7. The number of hydrogen-bond acceptors (Lipinski definition) is 5. The van der Waals surface area contributed by atoms with Gasteiger partial charge in [0.2, 0.25) is 0 Å². The average Bonchev–Trinajstić information content (AvgIpc) is 2.49. The van der Waals surface area contributed by atoms with Gasteiger partial charge in [-0.1, -0.05) is 24.3 Å². The molecule has 1 heterocycles. The fourth-order valence-electron chi connectivity index (χ4n) is 1.95. The summed E-state index contributed by atoms with van der Waals surface area (Å²) in [5.41, 5.74) is 8.68. The van der Waals surface area contributed by atoms with E-state index in [0.717, 1.165) is 0 Å². The number of rotatable bonds is 5. The van der Waals surface area contributed by atoms with Crippen LogP contribution < -0.4 is 16.4 Å². The number of anilines is 3. The first-order chi connectivity index (χ1) is 10.6. The van der Waals surface area contributed by atoms with Crippen molar-refractivity contribution in [3.05, 3.63) is 47.5 Å². The molecule has 1 aromatic heterocycles. The van der Waals surface area contributed by atoms with Gasteiger partial charge in [0.1, 0.15) is 11.6 Å². The number of hydrogen-bond donors (Lipinski definition) is 3. The van der Waals surface area contributed by atoms with Gasteiger partial charge in [-0.05, 0) is 37.1 Å². The van der Waals surface area contributed by atoms with Crippen LogP contribution in [0.2, 0.25) is 0 Å². The molecule has 1 aromatic carbocycles. The Balaban J connectivity index is 2.00. The van der Waals surface area contributed by atoms with Crippen LogP contribution in [0.3, 0.4) is 0 Å². The molecule has 6 heteroatoms. The van der Waals surface area contributed by atoms with E-state index >= 15 is 0 Å². The molecule has 0 radical (unpaired) electrons. The Kier molecular flexibility index (Phi) is 5.19. The second-order valence-electron chi connectivity index (χ2n) is 4.75. The molecule has 0 aliphatic heterocycles.